The number of carbonyl (C=O) groups is 2. The van der Waals surface area contributed by atoms with Crippen molar-refractivity contribution in [1.29, 1.82) is 0 Å². The number of benzene rings is 1. The Kier molecular flexibility index (Phi) is 8.71. The predicted molar refractivity (Wildman–Crippen MR) is 116 cm³/mol. The van der Waals surface area contributed by atoms with Crippen LogP contribution in [0, 0.1) is 0 Å². The van der Waals surface area contributed by atoms with Crippen molar-refractivity contribution in [2.24, 2.45) is 0 Å². The normalized spacial score (nSPS) is 10.7. The van der Waals surface area contributed by atoms with Crippen LogP contribution < -0.4 is 0 Å². The number of hydrogen-bond donors (Lipinski definition) is 0. The number of aromatic nitrogens is 1. The van der Waals surface area contributed by atoms with Crippen LogP contribution in [0.2, 0.25) is 0 Å². The molecule has 0 aliphatic carbocycles. The smallest absolute Gasteiger partial charge is 0.340 e. The molecule has 0 bridgehead atoms. The highest BCUT2D eigenvalue weighted by atomic mass is 32.2. The second kappa shape index (κ2) is 11.0. The van der Waals surface area contributed by atoms with Crippen LogP contribution in [0.4, 0.5) is 0 Å². The van der Waals surface area contributed by atoms with Gasteiger partial charge in [-0.2, -0.15) is 0 Å². The van der Waals surface area contributed by atoms with Crippen molar-refractivity contribution in [3.05, 3.63) is 52.7 Å². The number of esters is 1. The second-order valence-electron chi connectivity index (χ2n) is 6.40. The van der Waals surface area contributed by atoms with Crippen molar-refractivity contribution in [1.82, 2.24) is 4.98 Å². The van der Waals surface area contributed by atoms with Crippen molar-refractivity contribution in [3.8, 4) is 11.3 Å². The van der Waals surface area contributed by atoms with E-state index in [4.69, 9.17) is 9.72 Å². The van der Waals surface area contributed by atoms with E-state index in [0.29, 0.717) is 29.0 Å². The van der Waals surface area contributed by atoms with Gasteiger partial charge in [0.25, 0.3) is 0 Å². The van der Waals surface area contributed by atoms with Gasteiger partial charge in [0.15, 0.2) is 0 Å². The fraction of sp³-hybridized carbons (Fsp3) is 0.435. The second-order valence-corrected chi connectivity index (χ2v) is 7.64. The number of hydrogen-bond acceptors (Lipinski definition) is 5. The van der Waals surface area contributed by atoms with Gasteiger partial charge in [-0.15, -0.1) is 0 Å². The maximum absolute atomic E-state index is 13.0. The maximum Gasteiger partial charge on any atom is 0.340 e. The summed E-state index contributed by atoms with van der Waals surface area (Å²) in [4.78, 5) is 30.7. The van der Waals surface area contributed by atoms with Gasteiger partial charge in [-0.25, -0.2) is 4.79 Å². The van der Waals surface area contributed by atoms with Crippen LogP contribution in [0.25, 0.3) is 11.3 Å². The monoisotopic (exact) mass is 399 g/mol. The van der Waals surface area contributed by atoms with Crippen LogP contribution in [-0.2, 0) is 17.6 Å². The summed E-state index contributed by atoms with van der Waals surface area (Å²) >= 11 is 1.27. The minimum Gasteiger partial charge on any atom is -0.462 e. The third-order valence-corrected chi connectivity index (χ3v) is 5.26. The molecule has 0 spiro atoms. The zero-order chi connectivity index (χ0) is 20.5. The molecule has 0 amide bonds. The van der Waals surface area contributed by atoms with Gasteiger partial charge in [0, 0.05) is 5.56 Å². The Balaban J connectivity index is 2.83. The molecule has 150 valence electrons. The molecule has 0 saturated carbocycles. The van der Waals surface area contributed by atoms with E-state index < -0.39 is 5.97 Å². The Hall–Kier alpha value is -2.14. The van der Waals surface area contributed by atoms with Crippen LogP contribution >= 0.6 is 11.8 Å². The summed E-state index contributed by atoms with van der Waals surface area (Å²) in [6.45, 7) is 8.12. The molecule has 1 aromatic heterocycles. The first-order valence-corrected chi connectivity index (χ1v) is 11.0. The van der Waals surface area contributed by atoms with Crippen molar-refractivity contribution in [3.63, 3.8) is 0 Å². The van der Waals surface area contributed by atoms with Crippen molar-refractivity contribution < 1.29 is 14.3 Å². The standard InChI is InChI=1S/C23H29NO3S/c1-5-9-15-18-19(23(26)28-8-4)17(6-2)20(22(25)27-7-3)21(24-18)16-13-11-10-12-14-16/h10-14H,5-9,15H2,1-4H3. The molecule has 2 aromatic rings. The van der Waals surface area contributed by atoms with Gasteiger partial charge in [0.05, 0.1) is 29.1 Å². The van der Waals surface area contributed by atoms with E-state index in [1.807, 2.05) is 44.2 Å². The van der Waals surface area contributed by atoms with Crippen LogP contribution in [0.5, 0.6) is 0 Å². The van der Waals surface area contributed by atoms with E-state index in [1.54, 1.807) is 6.92 Å². The van der Waals surface area contributed by atoms with Gasteiger partial charge in [-0.05, 0) is 37.5 Å². The number of pyridine rings is 1. The summed E-state index contributed by atoms with van der Waals surface area (Å²) in [5.74, 6) is 0.271. The quantitative estimate of drug-likeness (QED) is 0.505. The van der Waals surface area contributed by atoms with Crippen LogP contribution in [0.3, 0.4) is 0 Å². The Morgan fingerprint density at radius 1 is 1.04 bits per heavy atom. The SMILES string of the molecule is CCCCc1nc(-c2ccccc2)c(C(=O)OCC)c(CC)c1C(=O)SCC. The first-order chi connectivity index (χ1) is 13.6. The number of ether oxygens (including phenoxy) is 1. The lowest BCUT2D eigenvalue weighted by Gasteiger charge is -2.19. The topological polar surface area (TPSA) is 56.3 Å². The van der Waals surface area contributed by atoms with E-state index in [9.17, 15) is 9.59 Å². The van der Waals surface area contributed by atoms with Crippen molar-refractivity contribution in [2.45, 2.75) is 53.4 Å². The molecule has 1 aromatic carbocycles. The molecule has 0 N–H and O–H groups in total. The van der Waals surface area contributed by atoms with E-state index >= 15 is 0 Å². The van der Waals surface area contributed by atoms with E-state index in [-0.39, 0.29) is 11.7 Å². The number of unbranched alkanes of at least 4 members (excludes halogenated alkanes) is 1. The summed E-state index contributed by atoms with van der Waals surface area (Å²) < 4.78 is 5.35. The summed E-state index contributed by atoms with van der Waals surface area (Å²) in [5, 5.41) is -0.0110. The molecule has 5 heteroatoms. The summed E-state index contributed by atoms with van der Waals surface area (Å²) in [6.07, 6.45) is 3.25. The number of thioether (sulfide) groups is 1. The summed E-state index contributed by atoms with van der Waals surface area (Å²) in [6, 6.07) is 9.67. The largest absolute Gasteiger partial charge is 0.462 e. The van der Waals surface area contributed by atoms with Crippen LogP contribution in [0.1, 0.15) is 72.5 Å². The van der Waals surface area contributed by atoms with E-state index in [0.717, 1.165) is 36.1 Å². The molecular weight excluding hydrogens is 370 g/mol. The lowest BCUT2D eigenvalue weighted by Crippen LogP contribution is -2.18. The maximum atomic E-state index is 13.0. The molecule has 28 heavy (non-hydrogen) atoms. The lowest BCUT2D eigenvalue weighted by molar-refractivity contribution is 0.0525. The third kappa shape index (κ3) is 5.02. The zero-order valence-corrected chi connectivity index (χ0v) is 18.0. The van der Waals surface area contributed by atoms with Gasteiger partial charge in [-0.1, -0.05) is 69.3 Å². The predicted octanol–water partition coefficient (Wildman–Crippen LogP) is 5.72. The average Bonchev–Trinajstić information content (AvgIpc) is 2.71. The first-order valence-electron chi connectivity index (χ1n) is 10.0. The molecule has 0 aliphatic heterocycles. The number of carbonyl (C=O) groups excluding carboxylic acids is 2. The highest BCUT2D eigenvalue weighted by Crippen LogP contribution is 2.32. The number of rotatable bonds is 9. The highest BCUT2D eigenvalue weighted by Gasteiger charge is 2.28. The molecule has 0 fully saturated rings. The first kappa shape index (κ1) is 22.2. The van der Waals surface area contributed by atoms with Crippen molar-refractivity contribution in [2.75, 3.05) is 12.4 Å². The highest BCUT2D eigenvalue weighted by molar-refractivity contribution is 8.14. The zero-order valence-electron chi connectivity index (χ0n) is 17.2. The molecular formula is C23H29NO3S. The van der Waals surface area contributed by atoms with Gasteiger partial charge < -0.3 is 4.74 Å². The minimum atomic E-state index is -0.414. The molecule has 1 heterocycles. The number of nitrogens with zero attached hydrogens (tertiary/aromatic N) is 1. The van der Waals surface area contributed by atoms with Gasteiger partial charge in [-0.3, -0.25) is 9.78 Å². The molecule has 0 unspecified atom stereocenters. The Bertz CT molecular complexity index is 818. The van der Waals surface area contributed by atoms with E-state index in [2.05, 4.69) is 6.92 Å². The lowest BCUT2D eigenvalue weighted by atomic mass is 9.92. The van der Waals surface area contributed by atoms with Crippen LogP contribution in [0.15, 0.2) is 30.3 Å². The molecule has 0 saturated heterocycles. The molecule has 4 nitrogen and oxygen atoms in total. The summed E-state index contributed by atoms with van der Waals surface area (Å²) in [5.41, 5.74) is 4.04. The fourth-order valence-corrected chi connectivity index (χ4v) is 3.89. The Labute approximate surface area is 172 Å². The summed E-state index contributed by atoms with van der Waals surface area (Å²) in [7, 11) is 0. The van der Waals surface area contributed by atoms with E-state index in [1.165, 1.54) is 11.8 Å². The number of aryl methyl sites for hydroxylation is 1. The molecule has 0 aliphatic rings. The Morgan fingerprint density at radius 2 is 1.75 bits per heavy atom. The average molecular weight is 400 g/mol. The molecule has 0 radical (unpaired) electrons. The third-order valence-electron chi connectivity index (χ3n) is 4.50. The van der Waals surface area contributed by atoms with Gasteiger partial charge in [0.1, 0.15) is 0 Å². The minimum absolute atomic E-state index is 0.0110. The molecule has 2 rings (SSSR count). The van der Waals surface area contributed by atoms with Gasteiger partial charge >= 0.3 is 5.97 Å². The Morgan fingerprint density at radius 3 is 2.32 bits per heavy atom. The van der Waals surface area contributed by atoms with Crippen molar-refractivity contribution >= 4 is 22.8 Å². The molecule has 0 atom stereocenters. The van der Waals surface area contributed by atoms with Gasteiger partial charge in [0.2, 0.25) is 5.12 Å². The van der Waals surface area contributed by atoms with Crippen LogP contribution in [-0.4, -0.2) is 28.4 Å². The fourth-order valence-electron chi connectivity index (χ4n) is 3.24.